The lowest BCUT2D eigenvalue weighted by Crippen LogP contribution is -2.18. The van der Waals surface area contributed by atoms with Crippen LogP contribution < -0.4 is 4.72 Å². The van der Waals surface area contributed by atoms with Gasteiger partial charge in [-0.05, 0) is 30.8 Å². The van der Waals surface area contributed by atoms with Gasteiger partial charge in [0.2, 0.25) is 5.09 Å². The number of benzene rings is 1. The minimum Gasteiger partial charge on any atom is -0.451 e. The Bertz CT molecular complexity index is 634. The summed E-state index contributed by atoms with van der Waals surface area (Å²) < 4.78 is 30.6. The van der Waals surface area contributed by atoms with Gasteiger partial charge in [0.25, 0.3) is 10.0 Å². The van der Waals surface area contributed by atoms with Gasteiger partial charge in [-0.2, -0.15) is 0 Å². The number of nitrogens with one attached hydrogen (secondary N) is 1. The van der Waals surface area contributed by atoms with Gasteiger partial charge in [0.05, 0.1) is 6.26 Å². The van der Waals surface area contributed by atoms with E-state index in [0.717, 1.165) is 0 Å². The van der Waals surface area contributed by atoms with Crippen molar-refractivity contribution in [2.45, 2.75) is 5.09 Å². The number of furan rings is 1. The molecule has 0 saturated heterocycles. The zero-order chi connectivity index (χ0) is 12.5. The largest absolute Gasteiger partial charge is 0.451 e. The van der Waals surface area contributed by atoms with E-state index in [0.29, 0.717) is 16.1 Å². The summed E-state index contributed by atoms with van der Waals surface area (Å²) in [7, 11) is -2.27. The average Bonchev–Trinajstić information content (AvgIpc) is 2.78. The molecule has 4 nitrogen and oxygen atoms in total. The highest BCUT2D eigenvalue weighted by molar-refractivity contribution is 7.89. The van der Waals surface area contributed by atoms with Crippen LogP contribution in [0.4, 0.5) is 0 Å². The molecule has 1 N–H and O–H groups in total. The van der Waals surface area contributed by atoms with E-state index >= 15 is 0 Å². The first-order valence-electron chi connectivity index (χ1n) is 4.81. The second kappa shape index (κ2) is 4.52. The van der Waals surface area contributed by atoms with Crippen molar-refractivity contribution in [3.8, 4) is 11.1 Å². The molecule has 17 heavy (non-hydrogen) atoms. The van der Waals surface area contributed by atoms with Gasteiger partial charge in [-0.15, -0.1) is 0 Å². The average molecular weight is 272 g/mol. The van der Waals surface area contributed by atoms with E-state index in [1.54, 1.807) is 30.3 Å². The lowest BCUT2D eigenvalue weighted by atomic mass is 10.1. The first kappa shape index (κ1) is 12.2. The maximum Gasteiger partial charge on any atom is 0.274 e. The van der Waals surface area contributed by atoms with Gasteiger partial charge in [-0.25, -0.2) is 13.1 Å². The Morgan fingerprint density at radius 3 is 2.71 bits per heavy atom. The third kappa shape index (κ3) is 2.36. The fourth-order valence-electron chi connectivity index (χ4n) is 1.47. The van der Waals surface area contributed by atoms with Crippen molar-refractivity contribution in [3.05, 3.63) is 41.6 Å². The fourth-order valence-corrected chi connectivity index (χ4v) is 2.50. The summed E-state index contributed by atoms with van der Waals surface area (Å²) in [6.45, 7) is 0. The van der Waals surface area contributed by atoms with Gasteiger partial charge in [-0.3, -0.25) is 0 Å². The monoisotopic (exact) mass is 271 g/mol. The molecule has 0 aliphatic heterocycles. The molecule has 1 aromatic heterocycles. The topological polar surface area (TPSA) is 59.3 Å². The predicted molar refractivity (Wildman–Crippen MR) is 65.4 cm³/mol. The van der Waals surface area contributed by atoms with Crippen LogP contribution in [0.1, 0.15) is 0 Å². The van der Waals surface area contributed by atoms with E-state index in [2.05, 4.69) is 4.72 Å². The molecule has 1 aromatic carbocycles. The molecule has 0 radical (unpaired) electrons. The maximum atomic E-state index is 11.7. The van der Waals surface area contributed by atoms with E-state index in [1.807, 2.05) is 0 Å². The molecule has 0 atom stereocenters. The van der Waals surface area contributed by atoms with Crippen molar-refractivity contribution in [2.24, 2.45) is 0 Å². The highest BCUT2D eigenvalue weighted by Gasteiger charge is 2.21. The molecule has 2 aromatic rings. The molecule has 0 fully saturated rings. The van der Waals surface area contributed by atoms with E-state index < -0.39 is 10.0 Å². The molecular formula is C11H10ClNO3S. The van der Waals surface area contributed by atoms with Crippen LogP contribution in [0.3, 0.4) is 0 Å². The van der Waals surface area contributed by atoms with E-state index in [4.69, 9.17) is 16.0 Å². The summed E-state index contributed by atoms with van der Waals surface area (Å²) in [5.41, 5.74) is 1.18. The fraction of sp³-hybridized carbons (Fsp3) is 0.0909. The van der Waals surface area contributed by atoms with Crippen molar-refractivity contribution in [2.75, 3.05) is 7.05 Å². The van der Waals surface area contributed by atoms with Gasteiger partial charge in [-0.1, -0.05) is 23.7 Å². The summed E-state index contributed by atoms with van der Waals surface area (Å²) in [5, 5.41) is 0.429. The number of rotatable bonds is 3. The number of hydrogen-bond acceptors (Lipinski definition) is 3. The van der Waals surface area contributed by atoms with E-state index in [9.17, 15) is 8.42 Å². The molecule has 0 saturated carbocycles. The quantitative estimate of drug-likeness (QED) is 0.933. The van der Waals surface area contributed by atoms with Gasteiger partial charge >= 0.3 is 0 Å². The molecule has 90 valence electrons. The van der Waals surface area contributed by atoms with E-state index in [-0.39, 0.29) is 5.09 Å². The third-order valence-corrected chi connectivity index (χ3v) is 3.85. The van der Waals surface area contributed by atoms with E-state index in [1.165, 1.54) is 13.3 Å². The number of sulfonamides is 1. The molecule has 0 unspecified atom stereocenters. The SMILES string of the molecule is CNS(=O)(=O)c1occc1-c1cccc(Cl)c1. The van der Waals surface area contributed by atoms with Crippen molar-refractivity contribution in [1.82, 2.24) is 4.72 Å². The summed E-state index contributed by atoms with van der Waals surface area (Å²) >= 11 is 5.87. The summed E-state index contributed by atoms with van der Waals surface area (Å²) in [4.78, 5) is 0. The maximum absolute atomic E-state index is 11.7. The lowest BCUT2D eigenvalue weighted by molar-refractivity contribution is 0.449. The zero-order valence-corrected chi connectivity index (χ0v) is 10.5. The Hall–Kier alpha value is -1.30. The Morgan fingerprint density at radius 1 is 1.29 bits per heavy atom. The van der Waals surface area contributed by atoms with Gasteiger partial charge in [0, 0.05) is 10.6 Å². The molecule has 0 bridgehead atoms. The van der Waals surface area contributed by atoms with Crippen LogP contribution >= 0.6 is 11.6 Å². The standard InChI is InChI=1S/C11H10ClNO3S/c1-13-17(14,15)11-10(5-6-16-11)8-3-2-4-9(12)7-8/h2-7,13H,1H3. The Morgan fingerprint density at radius 2 is 2.06 bits per heavy atom. The van der Waals surface area contributed by atoms with Crippen molar-refractivity contribution in [3.63, 3.8) is 0 Å². The number of halogens is 1. The molecule has 2 rings (SSSR count). The summed E-state index contributed by atoms with van der Waals surface area (Å²) in [5.74, 6) is 0. The highest BCUT2D eigenvalue weighted by Crippen LogP contribution is 2.29. The molecule has 0 amide bonds. The van der Waals surface area contributed by atoms with Crippen molar-refractivity contribution < 1.29 is 12.8 Å². The van der Waals surface area contributed by atoms with Crippen molar-refractivity contribution in [1.29, 1.82) is 0 Å². The molecule has 0 aliphatic rings. The highest BCUT2D eigenvalue weighted by atomic mass is 35.5. The Balaban J connectivity index is 2.59. The van der Waals surface area contributed by atoms with Gasteiger partial charge in [0.15, 0.2) is 0 Å². The summed E-state index contributed by atoms with van der Waals surface area (Å²) in [6.07, 6.45) is 1.33. The normalized spacial score (nSPS) is 11.6. The smallest absolute Gasteiger partial charge is 0.274 e. The second-order valence-corrected chi connectivity index (χ2v) is 5.56. The first-order valence-corrected chi connectivity index (χ1v) is 6.67. The minimum atomic E-state index is -3.61. The van der Waals surface area contributed by atoms with Crippen LogP contribution in [0.2, 0.25) is 5.02 Å². The predicted octanol–water partition coefficient (Wildman–Crippen LogP) is 2.51. The second-order valence-electron chi connectivity index (χ2n) is 3.34. The van der Waals surface area contributed by atoms with Gasteiger partial charge in [0.1, 0.15) is 0 Å². The van der Waals surface area contributed by atoms with Crippen LogP contribution in [-0.4, -0.2) is 15.5 Å². The van der Waals surface area contributed by atoms with Crippen LogP contribution in [0.5, 0.6) is 0 Å². The minimum absolute atomic E-state index is 0.109. The summed E-state index contributed by atoms with van der Waals surface area (Å²) in [6, 6.07) is 8.51. The third-order valence-electron chi connectivity index (χ3n) is 2.28. The zero-order valence-electron chi connectivity index (χ0n) is 8.98. The molecule has 1 heterocycles. The first-order chi connectivity index (χ1) is 8.04. The Labute approximate surface area is 104 Å². The molecule has 6 heteroatoms. The van der Waals surface area contributed by atoms with Crippen LogP contribution in [0.25, 0.3) is 11.1 Å². The van der Waals surface area contributed by atoms with Crippen LogP contribution in [0, 0.1) is 0 Å². The lowest BCUT2D eigenvalue weighted by Gasteiger charge is -2.03. The van der Waals surface area contributed by atoms with Crippen LogP contribution in [-0.2, 0) is 10.0 Å². The Kier molecular flexibility index (Phi) is 3.24. The van der Waals surface area contributed by atoms with Crippen LogP contribution in [0.15, 0.2) is 46.1 Å². The number of hydrogen-bond donors (Lipinski definition) is 1. The molecular weight excluding hydrogens is 262 g/mol. The van der Waals surface area contributed by atoms with Gasteiger partial charge < -0.3 is 4.42 Å². The van der Waals surface area contributed by atoms with Crippen molar-refractivity contribution >= 4 is 21.6 Å². The molecule has 0 aliphatic carbocycles. The molecule has 0 spiro atoms.